The smallest absolute Gasteiger partial charge is 0.321 e. The number of hydrogen-bond acceptors (Lipinski definition) is 3. The van der Waals surface area contributed by atoms with Gasteiger partial charge in [-0.1, -0.05) is 19.3 Å². The molecule has 1 atom stereocenters. The monoisotopic (exact) mass is 228 g/mol. The lowest BCUT2D eigenvalue weighted by Crippen LogP contribution is -2.42. The molecule has 0 aliphatic heterocycles. The summed E-state index contributed by atoms with van der Waals surface area (Å²) in [5.74, 6) is -1.29. The van der Waals surface area contributed by atoms with Crippen LogP contribution in [0, 0.1) is 0 Å². The van der Waals surface area contributed by atoms with E-state index in [-0.39, 0.29) is 18.4 Å². The minimum atomic E-state index is -1.12. The van der Waals surface area contributed by atoms with Crippen molar-refractivity contribution in [1.29, 1.82) is 0 Å². The Morgan fingerprint density at radius 2 is 1.94 bits per heavy atom. The van der Waals surface area contributed by atoms with Crippen LogP contribution in [0.1, 0.15) is 38.5 Å². The molecule has 0 bridgehead atoms. The summed E-state index contributed by atoms with van der Waals surface area (Å²) in [5, 5.41) is 8.63. The van der Waals surface area contributed by atoms with Crippen LogP contribution >= 0.6 is 0 Å². The van der Waals surface area contributed by atoms with E-state index in [0.717, 1.165) is 25.7 Å². The summed E-state index contributed by atoms with van der Waals surface area (Å²) < 4.78 is 0. The van der Waals surface area contributed by atoms with Crippen molar-refractivity contribution in [2.45, 2.75) is 50.6 Å². The molecule has 1 aliphatic rings. The highest BCUT2D eigenvalue weighted by Crippen LogP contribution is 2.22. The molecule has 0 aromatic carbocycles. The Kier molecular flexibility index (Phi) is 4.73. The number of carbonyl (C=O) groups excluding carboxylic acids is 1. The van der Waals surface area contributed by atoms with Gasteiger partial charge >= 0.3 is 5.97 Å². The first-order valence-corrected chi connectivity index (χ1v) is 5.76. The van der Waals surface area contributed by atoms with Gasteiger partial charge in [0.15, 0.2) is 0 Å². The molecule has 0 radical (unpaired) electrons. The van der Waals surface area contributed by atoms with Gasteiger partial charge in [0.1, 0.15) is 6.04 Å². The van der Waals surface area contributed by atoms with Crippen LogP contribution in [-0.4, -0.2) is 41.0 Å². The summed E-state index contributed by atoms with van der Waals surface area (Å²) in [7, 11) is 1.74. The summed E-state index contributed by atoms with van der Waals surface area (Å²) >= 11 is 0. The molecule has 1 rings (SSSR count). The molecule has 0 aromatic heterocycles. The van der Waals surface area contributed by atoms with Crippen LogP contribution in [0.2, 0.25) is 0 Å². The normalized spacial score (nSPS) is 19.1. The topological polar surface area (TPSA) is 83.6 Å². The first-order chi connectivity index (χ1) is 7.52. The van der Waals surface area contributed by atoms with E-state index in [2.05, 4.69) is 0 Å². The van der Waals surface area contributed by atoms with Gasteiger partial charge in [0, 0.05) is 13.1 Å². The van der Waals surface area contributed by atoms with Crippen LogP contribution in [0.4, 0.5) is 0 Å². The van der Waals surface area contributed by atoms with E-state index in [9.17, 15) is 9.59 Å². The molecule has 1 unspecified atom stereocenters. The highest BCUT2D eigenvalue weighted by atomic mass is 16.4. The maximum absolute atomic E-state index is 11.7. The third kappa shape index (κ3) is 3.48. The summed E-state index contributed by atoms with van der Waals surface area (Å²) in [6.07, 6.45) is 5.45. The van der Waals surface area contributed by atoms with Crippen LogP contribution in [0.3, 0.4) is 0 Å². The minimum absolute atomic E-state index is 0.109. The van der Waals surface area contributed by atoms with E-state index in [1.807, 2.05) is 0 Å². The fourth-order valence-corrected chi connectivity index (χ4v) is 2.09. The third-order valence-corrected chi connectivity index (χ3v) is 3.23. The van der Waals surface area contributed by atoms with Gasteiger partial charge in [-0.25, -0.2) is 0 Å². The van der Waals surface area contributed by atoms with E-state index < -0.39 is 12.0 Å². The van der Waals surface area contributed by atoms with Gasteiger partial charge < -0.3 is 15.7 Å². The molecule has 0 saturated heterocycles. The fourth-order valence-electron chi connectivity index (χ4n) is 2.09. The van der Waals surface area contributed by atoms with Gasteiger partial charge in [0.2, 0.25) is 5.91 Å². The summed E-state index contributed by atoms with van der Waals surface area (Å²) in [4.78, 5) is 23.9. The van der Waals surface area contributed by atoms with Crippen LogP contribution < -0.4 is 5.73 Å². The van der Waals surface area contributed by atoms with Gasteiger partial charge in [0.05, 0.1) is 6.42 Å². The fraction of sp³-hybridized carbons (Fsp3) is 0.818. The minimum Gasteiger partial charge on any atom is -0.480 e. The van der Waals surface area contributed by atoms with Crippen LogP contribution in [0.15, 0.2) is 0 Å². The van der Waals surface area contributed by atoms with Crippen LogP contribution in [-0.2, 0) is 9.59 Å². The molecule has 0 spiro atoms. The number of rotatable bonds is 4. The Hall–Kier alpha value is -1.10. The standard InChI is InChI=1S/C11H20N2O3/c1-13(8-5-3-2-4-6-8)10(14)7-9(12)11(15)16/h8-9H,2-7,12H2,1H3,(H,15,16). The van der Waals surface area contributed by atoms with Gasteiger partial charge in [-0.05, 0) is 12.8 Å². The molecular formula is C11H20N2O3. The Morgan fingerprint density at radius 3 is 2.44 bits per heavy atom. The second-order valence-corrected chi connectivity index (χ2v) is 4.45. The molecule has 3 N–H and O–H groups in total. The van der Waals surface area contributed by atoms with E-state index >= 15 is 0 Å². The summed E-state index contributed by atoms with van der Waals surface area (Å²) in [6.45, 7) is 0. The zero-order valence-electron chi connectivity index (χ0n) is 9.69. The lowest BCUT2D eigenvalue weighted by Gasteiger charge is -2.31. The molecular weight excluding hydrogens is 208 g/mol. The van der Waals surface area contributed by atoms with Crippen molar-refractivity contribution < 1.29 is 14.7 Å². The van der Waals surface area contributed by atoms with E-state index in [0.29, 0.717) is 0 Å². The van der Waals surface area contributed by atoms with Crippen molar-refractivity contribution in [3.63, 3.8) is 0 Å². The Bertz CT molecular complexity index is 262. The predicted molar refractivity (Wildman–Crippen MR) is 59.9 cm³/mol. The average molecular weight is 228 g/mol. The molecule has 0 heterocycles. The van der Waals surface area contributed by atoms with Crippen molar-refractivity contribution in [2.24, 2.45) is 5.73 Å². The van der Waals surface area contributed by atoms with Crippen molar-refractivity contribution in [3.05, 3.63) is 0 Å². The maximum atomic E-state index is 11.7. The Morgan fingerprint density at radius 1 is 1.38 bits per heavy atom. The average Bonchev–Trinajstić information content (AvgIpc) is 2.28. The third-order valence-electron chi connectivity index (χ3n) is 3.23. The SMILES string of the molecule is CN(C(=O)CC(N)C(=O)O)C1CCCCC1. The number of hydrogen-bond donors (Lipinski definition) is 2. The molecule has 92 valence electrons. The quantitative estimate of drug-likeness (QED) is 0.737. The summed E-state index contributed by atoms with van der Waals surface area (Å²) in [5.41, 5.74) is 5.34. The Labute approximate surface area is 95.6 Å². The first kappa shape index (κ1) is 13.0. The number of carbonyl (C=O) groups is 2. The van der Waals surface area contributed by atoms with Gasteiger partial charge in [0.25, 0.3) is 0 Å². The highest BCUT2D eigenvalue weighted by Gasteiger charge is 2.25. The van der Waals surface area contributed by atoms with E-state index in [4.69, 9.17) is 10.8 Å². The number of amides is 1. The largest absolute Gasteiger partial charge is 0.480 e. The van der Waals surface area contributed by atoms with E-state index in [1.54, 1.807) is 11.9 Å². The molecule has 1 amide bonds. The van der Waals surface area contributed by atoms with Crippen LogP contribution in [0.5, 0.6) is 0 Å². The zero-order valence-corrected chi connectivity index (χ0v) is 9.69. The molecule has 1 aliphatic carbocycles. The lowest BCUT2D eigenvalue weighted by atomic mass is 9.94. The molecule has 5 heteroatoms. The first-order valence-electron chi connectivity index (χ1n) is 5.76. The number of aliphatic carboxylic acids is 1. The van der Waals surface area contributed by atoms with Gasteiger partial charge in [-0.3, -0.25) is 9.59 Å². The number of nitrogens with zero attached hydrogens (tertiary/aromatic N) is 1. The predicted octanol–water partition coefficient (Wildman–Crippen LogP) is 0.579. The molecule has 1 fully saturated rings. The molecule has 0 aromatic rings. The molecule has 5 nitrogen and oxygen atoms in total. The number of carboxylic acid groups (broad SMARTS) is 1. The zero-order chi connectivity index (χ0) is 12.1. The highest BCUT2D eigenvalue weighted by molar-refractivity contribution is 5.84. The van der Waals surface area contributed by atoms with E-state index in [1.165, 1.54) is 6.42 Å². The Balaban J connectivity index is 2.43. The van der Waals surface area contributed by atoms with Crippen molar-refractivity contribution in [1.82, 2.24) is 4.90 Å². The van der Waals surface area contributed by atoms with Gasteiger partial charge in [-0.15, -0.1) is 0 Å². The van der Waals surface area contributed by atoms with Crippen LogP contribution in [0.25, 0.3) is 0 Å². The second kappa shape index (κ2) is 5.84. The number of nitrogens with two attached hydrogens (primary N) is 1. The van der Waals surface area contributed by atoms with Crippen molar-refractivity contribution in [3.8, 4) is 0 Å². The molecule has 1 saturated carbocycles. The maximum Gasteiger partial charge on any atom is 0.321 e. The van der Waals surface area contributed by atoms with Gasteiger partial charge in [-0.2, -0.15) is 0 Å². The van der Waals surface area contributed by atoms with Crippen molar-refractivity contribution >= 4 is 11.9 Å². The number of carboxylic acids is 1. The summed E-state index contributed by atoms with van der Waals surface area (Å²) in [6, 6.07) is -0.819. The lowest BCUT2D eigenvalue weighted by molar-refractivity contribution is -0.142. The second-order valence-electron chi connectivity index (χ2n) is 4.45. The molecule has 16 heavy (non-hydrogen) atoms. The van der Waals surface area contributed by atoms with Crippen molar-refractivity contribution in [2.75, 3.05) is 7.05 Å².